The van der Waals surface area contributed by atoms with Crippen molar-refractivity contribution in [2.45, 2.75) is 9.79 Å². The number of carbonyl (C=O) groups excluding carboxylic acids is 2. The molecule has 0 amide bonds. The largest absolute Gasteiger partial charge is 0.352 e. The van der Waals surface area contributed by atoms with Crippen LogP contribution >= 0.6 is 0 Å². The Morgan fingerprint density at radius 1 is 0.583 bits per heavy atom. The molecule has 0 radical (unpaired) electrons. The number of ketones is 2. The Morgan fingerprint density at radius 3 is 1.28 bits per heavy atom. The lowest BCUT2D eigenvalue weighted by Gasteiger charge is -2.02. The molecule has 3 aromatic carbocycles. The Labute approximate surface area is 205 Å². The number of Topliss-reactive ketones (excluding diaryl/α,β-unsaturated/α-hetero) is 2. The monoisotopic (exact) mass is 524 g/mol. The number of benzene rings is 3. The molecule has 2 aliphatic heterocycles. The fraction of sp³-hybridized carbons (Fsp3) is 0. The fourth-order valence-electron chi connectivity index (χ4n) is 3.88. The van der Waals surface area contributed by atoms with Crippen LogP contribution in [0.25, 0.3) is 12.2 Å². The van der Waals surface area contributed by atoms with Crippen molar-refractivity contribution in [1.82, 2.24) is 0 Å². The van der Waals surface area contributed by atoms with Crippen LogP contribution in [0.1, 0.15) is 31.8 Å². The molecule has 0 aromatic heterocycles. The SMILES string of the molecule is O=C1C(=Cc2ccc(C=C3Nc4ccc(S(=O)(=O)O)cc4C3=O)cc2)Nc2ccc(S(=O)(=O)O)cc21. The van der Waals surface area contributed by atoms with E-state index in [1.165, 1.54) is 24.3 Å². The van der Waals surface area contributed by atoms with Crippen LogP contribution in [0, 0.1) is 0 Å². The van der Waals surface area contributed by atoms with Crippen molar-refractivity contribution >= 4 is 55.3 Å². The summed E-state index contributed by atoms with van der Waals surface area (Å²) in [6.07, 6.45) is 3.16. The zero-order chi connectivity index (χ0) is 25.8. The predicted molar refractivity (Wildman–Crippen MR) is 131 cm³/mol. The molecule has 36 heavy (non-hydrogen) atoms. The number of nitrogens with one attached hydrogen (secondary N) is 2. The summed E-state index contributed by atoms with van der Waals surface area (Å²) in [5.74, 6) is -0.853. The van der Waals surface area contributed by atoms with Crippen molar-refractivity contribution < 1.29 is 35.5 Å². The van der Waals surface area contributed by atoms with Gasteiger partial charge < -0.3 is 10.6 Å². The van der Waals surface area contributed by atoms with E-state index in [9.17, 15) is 35.5 Å². The number of anilines is 2. The third-order valence-electron chi connectivity index (χ3n) is 5.65. The second-order valence-electron chi connectivity index (χ2n) is 8.06. The lowest BCUT2D eigenvalue weighted by atomic mass is 10.1. The second-order valence-corrected chi connectivity index (χ2v) is 10.9. The summed E-state index contributed by atoms with van der Waals surface area (Å²) >= 11 is 0. The zero-order valence-corrected chi connectivity index (χ0v) is 19.7. The Bertz CT molecular complexity index is 1620. The quantitative estimate of drug-likeness (QED) is 0.293. The first kappa shape index (κ1) is 23.6. The topological polar surface area (TPSA) is 167 Å². The Kier molecular flexibility index (Phi) is 5.41. The maximum Gasteiger partial charge on any atom is 0.294 e. The first-order valence-electron chi connectivity index (χ1n) is 10.3. The molecule has 0 saturated heterocycles. The fourth-order valence-corrected chi connectivity index (χ4v) is 4.89. The Balaban J connectivity index is 1.36. The smallest absolute Gasteiger partial charge is 0.294 e. The molecule has 3 aromatic rings. The molecule has 182 valence electrons. The van der Waals surface area contributed by atoms with E-state index in [0.29, 0.717) is 22.5 Å². The van der Waals surface area contributed by atoms with Gasteiger partial charge in [0.05, 0.1) is 21.2 Å². The van der Waals surface area contributed by atoms with Crippen molar-refractivity contribution in [3.8, 4) is 0 Å². The molecule has 2 aliphatic rings. The van der Waals surface area contributed by atoms with E-state index in [2.05, 4.69) is 10.6 Å². The van der Waals surface area contributed by atoms with E-state index < -0.39 is 31.8 Å². The van der Waals surface area contributed by atoms with Gasteiger partial charge in [-0.05, 0) is 59.7 Å². The lowest BCUT2D eigenvalue weighted by molar-refractivity contribution is 0.103. The maximum absolute atomic E-state index is 12.7. The number of rotatable bonds is 4. The van der Waals surface area contributed by atoms with E-state index in [0.717, 1.165) is 12.1 Å². The molecule has 0 fully saturated rings. The zero-order valence-electron chi connectivity index (χ0n) is 18.1. The standard InChI is InChI=1S/C24H16N2O8S2/c27-23-17-11-15(35(29,30)31)5-7-19(17)25-21(23)9-13-1-2-14(4-3-13)10-22-24(28)18-12-16(36(32,33)34)6-8-20(18)26-22/h1-12,25-26H,(H,29,30,31)(H,32,33,34). The van der Waals surface area contributed by atoms with E-state index in [1.54, 1.807) is 36.4 Å². The highest BCUT2D eigenvalue weighted by Crippen LogP contribution is 2.32. The van der Waals surface area contributed by atoms with Gasteiger partial charge in [0.1, 0.15) is 0 Å². The molecular weight excluding hydrogens is 508 g/mol. The molecule has 0 atom stereocenters. The van der Waals surface area contributed by atoms with Crippen LogP contribution in [0.4, 0.5) is 11.4 Å². The van der Waals surface area contributed by atoms with Crippen molar-refractivity contribution in [3.63, 3.8) is 0 Å². The second kappa shape index (κ2) is 8.24. The molecule has 5 rings (SSSR count). The molecule has 0 spiro atoms. The van der Waals surface area contributed by atoms with Gasteiger partial charge >= 0.3 is 0 Å². The van der Waals surface area contributed by atoms with Crippen molar-refractivity contribution in [2.75, 3.05) is 10.6 Å². The van der Waals surface area contributed by atoms with Gasteiger partial charge in [0.15, 0.2) is 0 Å². The minimum atomic E-state index is -4.44. The van der Waals surface area contributed by atoms with E-state index in [-0.39, 0.29) is 32.3 Å². The van der Waals surface area contributed by atoms with Crippen LogP contribution in [0.5, 0.6) is 0 Å². The summed E-state index contributed by atoms with van der Waals surface area (Å²) in [5, 5.41) is 5.85. The van der Waals surface area contributed by atoms with Gasteiger partial charge in [-0.15, -0.1) is 0 Å². The number of hydrogen-bond acceptors (Lipinski definition) is 8. The predicted octanol–water partition coefficient (Wildman–Crippen LogP) is 3.48. The first-order chi connectivity index (χ1) is 16.9. The molecule has 10 nitrogen and oxygen atoms in total. The van der Waals surface area contributed by atoms with E-state index >= 15 is 0 Å². The molecule has 0 unspecified atom stereocenters. The highest BCUT2D eigenvalue weighted by Gasteiger charge is 2.28. The van der Waals surface area contributed by atoms with Crippen molar-refractivity contribution in [2.24, 2.45) is 0 Å². The maximum atomic E-state index is 12.7. The van der Waals surface area contributed by atoms with Gasteiger partial charge in [-0.3, -0.25) is 18.7 Å². The highest BCUT2D eigenvalue weighted by molar-refractivity contribution is 7.86. The molecular formula is C24H16N2O8S2. The molecule has 0 aliphatic carbocycles. The molecule has 0 saturated carbocycles. The lowest BCUT2D eigenvalue weighted by Crippen LogP contribution is -2.01. The van der Waals surface area contributed by atoms with Gasteiger partial charge in [0.2, 0.25) is 11.6 Å². The Hall–Kier alpha value is -4.10. The van der Waals surface area contributed by atoms with Crippen molar-refractivity contribution in [3.05, 3.63) is 94.3 Å². The van der Waals surface area contributed by atoms with Gasteiger partial charge in [-0.25, -0.2) is 0 Å². The summed E-state index contributed by atoms with van der Waals surface area (Å²) in [7, 11) is -8.88. The third kappa shape index (κ3) is 4.33. The van der Waals surface area contributed by atoms with E-state index in [1.807, 2.05) is 0 Å². The van der Waals surface area contributed by atoms with Gasteiger partial charge in [-0.1, -0.05) is 24.3 Å². The number of allylic oxidation sites excluding steroid dienone is 2. The van der Waals surface area contributed by atoms with Crippen LogP contribution in [0.2, 0.25) is 0 Å². The van der Waals surface area contributed by atoms with Crippen LogP contribution in [0.3, 0.4) is 0 Å². The highest BCUT2D eigenvalue weighted by atomic mass is 32.2. The van der Waals surface area contributed by atoms with Gasteiger partial charge in [-0.2, -0.15) is 16.8 Å². The summed E-state index contributed by atoms with van der Waals surface area (Å²) in [6, 6.07) is 14.3. The number of carbonyl (C=O) groups is 2. The van der Waals surface area contributed by atoms with E-state index in [4.69, 9.17) is 0 Å². The Morgan fingerprint density at radius 2 is 0.944 bits per heavy atom. The average Bonchev–Trinajstić information content (AvgIpc) is 3.29. The van der Waals surface area contributed by atoms with Crippen LogP contribution in [-0.4, -0.2) is 37.5 Å². The molecule has 2 heterocycles. The molecule has 12 heteroatoms. The third-order valence-corrected chi connectivity index (χ3v) is 7.35. The first-order valence-corrected chi connectivity index (χ1v) is 13.2. The summed E-state index contributed by atoms with van der Waals surface area (Å²) in [6.45, 7) is 0. The summed E-state index contributed by atoms with van der Waals surface area (Å²) in [4.78, 5) is 24.6. The average molecular weight is 525 g/mol. The minimum absolute atomic E-state index is 0.125. The van der Waals surface area contributed by atoms with Crippen molar-refractivity contribution in [1.29, 1.82) is 0 Å². The number of fused-ring (bicyclic) bond motifs is 2. The van der Waals surface area contributed by atoms with Crippen LogP contribution in [-0.2, 0) is 20.2 Å². The van der Waals surface area contributed by atoms with Crippen LogP contribution < -0.4 is 10.6 Å². The van der Waals surface area contributed by atoms with Gasteiger partial charge in [0, 0.05) is 22.5 Å². The van der Waals surface area contributed by atoms with Gasteiger partial charge in [0.25, 0.3) is 20.2 Å². The summed E-state index contributed by atoms with van der Waals surface area (Å²) < 4.78 is 63.8. The molecule has 0 bridgehead atoms. The number of hydrogen-bond donors (Lipinski definition) is 4. The minimum Gasteiger partial charge on any atom is -0.352 e. The summed E-state index contributed by atoms with van der Waals surface area (Å²) in [5.41, 5.74) is 2.85. The molecule has 4 N–H and O–H groups in total. The normalized spacial score (nSPS) is 17.2. The van der Waals surface area contributed by atoms with Crippen LogP contribution in [0.15, 0.2) is 81.8 Å².